The second kappa shape index (κ2) is 3.51. The van der Waals surface area contributed by atoms with E-state index in [1.165, 1.54) is 12.3 Å². The summed E-state index contributed by atoms with van der Waals surface area (Å²) in [5.41, 5.74) is 0. The van der Waals surface area contributed by atoms with E-state index in [0.717, 1.165) is 11.8 Å². The molecule has 5 heteroatoms. The maximum absolute atomic E-state index is 12.5. The Bertz CT molecular complexity index is 213. The van der Waals surface area contributed by atoms with E-state index in [-0.39, 0.29) is 5.82 Å². The molecule has 0 aromatic carbocycles. The maximum atomic E-state index is 12.5. The summed E-state index contributed by atoms with van der Waals surface area (Å²) in [5, 5.41) is 0.370. The van der Waals surface area contributed by atoms with Gasteiger partial charge >= 0.3 is 0 Å². The van der Waals surface area contributed by atoms with Crippen LogP contribution in [0.15, 0.2) is 17.3 Å². The van der Waals surface area contributed by atoms with Gasteiger partial charge in [-0.25, -0.2) is 4.39 Å². The van der Waals surface area contributed by atoms with E-state index in [1.807, 2.05) is 0 Å². The molecule has 0 radical (unpaired) electrons. The molecule has 0 aliphatic carbocycles. The topological polar surface area (TPSA) is 15.8 Å². The highest BCUT2D eigenvalue weighted by Gasteiger charge is 2.07. The van der Waals surface area contributed by atoms with Crippen LogP contribution in [0.4, 0.5) is 4.39 Å². The van der Waals surface area contributed by atoms with Gasteiger partial charge in [0.15, 0.2) is 9.99 Å². The number of rotatable bonds is 2. The number of aromatic nitrogens is 1. The predicted molar refractivity (Wildman–Crippen MR) is 42.1 cm³/mol. The Balaban J connectivity index is 2.65. The molecule has 1 heterocycles. The van der Waals surface area contributed by atoms with Gasteiger partial charge in [0, 0.05) is 6.20 Å². The van der Waals surface area contributed by atoms with Crippen molar-refractivity contribution in [2.75, 3.05) is 0 Å². The van der Waals surface area contributed by atoms with Crippen molar-refractivity contribution in [3.63, 3.8) is 0 Å². The molecule has 0 atom stereocenters. The van der Waals surface area contributed by atoms with E-state index in [4.69, 9.17) is 23.2 Å². The fraction of sp³-hybridized carbons (Fsp3) is 0.200. The van der Waals surface area contributed by atoms with Gasteiger partial charge in [0.1, 0.15) is 5.03 Å². The van der Waals surface area contributed by atoms with Crippen molar-refractivity contribution in [2.45, 2.75) is 9.19 Å². The summed E-state index contributed by atoms with van der Waals surface area (Å²) in [6.45, 7) is 0. The van der Waals surface area contributed by atoms with Gasteiger partial charge in [-0.2, -0.15) is 0 Å². The zero-order valence-corrected chi connectivity index (χ0v) is 7.10. The second-order valence-corrected chi connectivity index (χ2v) is 4.26. The lowest BCUT2D eigenvalue weighted by Crippen LogP contribution is -1.80. The van der Waals surface area contributed by atoms with Gasteiger partial charge in [0.2, 0.25) is 0 Å². The molecule has 0 saturated carbocycles. The smallest absolute Gasteiger partial charge is 0.158 e. The van der Waals surface area contributed by atoms with Crippen LogP contribution in [-0.2, 0) is 0 Å². The van der Waals surface area contributed by atoms with E-state index < -0.39 is 4.17 Å². The molecule has 1 aromatic rings. The highest BCUT2D eigenvalue weighted by Crippen LogP contribution is 2.28. The maximum Gasteiger partial charge on any atom is 0.158 e. The average molecular weight is 200 g/mol. The summed E-state index contributed by atoms with van der Waals surface area (Å²) >= 11 is 11.8. The minimum atomic E-state index is -0.631. The lowest BCUT2D eigenvalue weighted by molar-refractivity contribution is 0.601. The molecular formula is C5H4Cl2FNS. The second-order valence-electron chi connectivity index (χ2n) is 1.53. The van der Waals surface area contributed by atoms with E-state index in [0.29, 0.717) is 5.03 Å². The van der Waals surface area contributed by atoms with Gasteiger partial charge in [-0.3, -0.25) is 0 Å². The molecule has 0 spiro atoms. The molecule has 0 amide bonds. The van der Waals surface area contributed by atoms with Gasteiger partial charge in [0.05, 0.1) is 0 Å². The first kappa shape index (κ1) is 8.24. The molecule has 0 bridgehead atoms. The molecule has 0 aliphatic rings. The number of aromatic amines is 1. The van der Waals surface area contributed by atoms with Crippen LogP contribution in [0.3, 0.4) is 0 Å². The van der Waals surface area contributed by atoms with Crippen molar-refractivity contribution >= 4 is 35.0 Å². The highest BCUT2D eigenvalue weighted by molar-refractivity contribution is 8.02. The Morgan fingerprint density at radius 2 is 2.30 bits per heavy atom. The number of thioether (sulfide) groups is 1. The van der Waals surface area contributed by atoms with Crippen LogP contribution >= 0.6 is 35.0 Å². The Kier molecular flexibility index (Phi) is 2.89. The molecule has 1 nitrogen and oxygen atoms in total. The molecular weight excluding hydrogens is 196 g/mol. The largest absolute Gasteiger partial charge is 0.354 e. The molecule has 56 valence electrons. The number of hydrogen-bond acceptors (Lipinski definition) is 1. The highest BCUT2D eigenvalue weighted by atomic mass is 35.5. The third-order valence-corrected chi connectivity index (χ3v) is 2.13. The first-order chi connectivity index (χ1) is 4.70. The summed E-state index contributed by atoms with van der Waals surface area (Å²) < 4.78 is 11.9. The third kappa shape index (κ3) is 2.08. The van der Waals surface area contributed by atoms with Crippen molar-refractivity contribution in [1.29, 1.82) is 0 Å². The van der Waals surface area contributed by atoms with Crippen molar-refractivity contribution in [1.82, 2.24) is 4.98 Å². The normalized spacial score (nSPS) is 10.8. The standard InChI is InChI=1S/C5H4Cl2FNS/c6-5(7)10-4-3(8)1-2-9-4/h1-2,5,9H. The van der Waals surface area contributed by atoms with Crippen LogP contribution in [0.1, 0.15) is 0 Å². The van der Waals surface area contributed by atoms with Gasteiger partial charge in [-0.15, -0.1) is 0 Å². The molecule has 0 saturated heterocycles. The van der Waals surface area contributed by atoms with Crippen LogP contribution in [0, 0.1) is 5.82 Å². The zero-order valence-electron chi connectivity index (χ0n) is 4.77. The first-order valence-corrected chi connectivity index (χ1v) is 4.23. The Morgan fingerprint density at radius 3 is 2.70 bits per heavy atom. The minimum Gasteiger partial charge on any atom is -0.354 e. The summed E-state index contributed by atoms with van der Waals surface area (Å²) in [5.74, 6) is -0.323. The van der Waals surface area contributed by atoms with Gasteiger partial charge in [-0.1, -0.05) is 35.0 Å². The fourth-order valence-corrected chi connectivity index (χ4v) is 1.54. The zero-order chi connectivity index (χ0) is 7.56. The molecule has 1 rings (SSSR count). The lowest BCUT2D eigenvalue weighted by atomic mass is 10.6. The summed E-state index contributed by atoms with van der Waals surface area (Å²) in [6, 6.07) is 1.32. The fourth-order valence-electron chi connectivity index (χ4n) is 0.515. The summed E-state index contributed by atoms with van der Waals surface area (Å²) in [6.07, 6.45) is 1.49. The average Bonchev–Trinajstić information content (AvgIpc) is 2.15. The summed E-state index contributed by atoms with van der Waals surface area (Å²) in [7, 11) is 0. The SMILES string of the molecule is Fc1cc[nH]c1SC(Cl)Cl. The monoisotopic (exact) mass is 199 g/mol. The summed E-state index contributed by atoms with van der Waals surface area (Å²) in [4.78, 5) is 2.66. The number of halogens is 3. The predicted octanol–water partition coefficient (Wildman–Crippen LogP) is 3.01. The Hall–Kier alpha value is 0.140. The van der Waals surface area contributed by atoms with E-state index >= 15 is 0 Å². The van der Waals surface area contributed by atoms with Crippen LogP contribution in [0.5, 0.6) is 0 Å². The van der Waals surface area contributed by atoms with Crippen LogP contribution in [0.25, 0.3) is 0 Å². The molecule has 0 unspecified atom stereocenters. The third-order valence-electron chi connectivity index (χ3n) is 0.868. The van der Waals surface area contributed by atoms with Gasteiger partial charge in [0.25, 0.3) is 0 Å². The number of alkyl halides is 2. The molecule has 1 aromatic heterocycles. The van der Waals surface area contributed by atoms with E-state index in [9.17, 15) is 4.39 Å². The van der Waals surface area contributed by atoms with E-state index in [1.54, 1.807) is 0 Å². The number of nitrogens with one attached hydrogen (secondary N) is 1. The van der Waals surface area contributed by atoms with Gasteiger partial charge < -0.3 is 4.98 Å². The quantitative estimate of drug-likeness (QED) is 0.573. The minimum absolute atomic E-state index is 0.323. The number of hydrogen-bond donors (Lipinski definition) is 1. The number of H-pyrrole nitrogens is 1. The molecule has 0 fully saturated rings. The first-order valence-electron chi connectivity index (χ1n) is 2.48. The molecule has 10 heavy (non-hydrogen) atoms. The molecule has 1 N–H and O–H groups in total. The van der Waals surface area contributed by atoms with Crippen LogP contribution in [0.2, 0.25) is 0 Å². The van der Waals surface area contributed by atoms with Crippen molar-refractivity contribution < 1.29 is 4.39 Å². The Labute approximate surface area is 71.9 Å². The van der Waals surface area contributed by atoms with Crippen molar-refractivity contribution in [3.8, 4) is 0 Å². The molecule has 0 aliphatic heterocycles. The van der Waals surface area contributed by atoms with Gasteiger partial charge in [-0.05, 0) is 6.07 Å². The van der Waals surface area contributed by atoms with Crippen molar-refractivity contribution in [2.24, 2.45) is 0 Å². The van der Waals surface area contributed by atoms with E-state index in [2.05, 4.69) is 4.98 Å². The van der Waals surface area contributed by atoms with Crippen LogP contribution in [-0.4, -0.2) is 9.15 Å². The Morgan fingerprint density at radius 1 is 1.60 bits per heavy atom. The lowest BCUT2D eigenvalue weighted by Gasteiger charge is -1.96. The van der Waals surface area contributed by atoms with Crippen molar-refractivity contribution in [3.05, 3.63) is 18.1 Å². The van der Waals surface area contributed by atoms with Crippen LogP contribution < -0.4 is 0 Å².